The lowest BCUT2D eigenvalue weighted by Crippen LogP contribution is -2.36. The number of halogens is 1. The molecule has 1 N–H and O–H groups in total. The monoisotopic (exact) mass is 268 g/mol. The molecule has 0 aliphatic carbocycles. The lowest BCUT2D eigenvalue weighted by Gasteiger charge is -2.15. The lowest BCUT2D eigenvalue weighted by molar-refractivity contribution is -0.387. The Morgan fingerprint density at radius 2 is 2.21 bits per heavy atom. The van der Waals surface area contributed by atoms with E-state index in [4.69, 9.17) is 4.74 Å². The van der Waals surface area contributed by atoms with Crippen molar-refractivity contribution in [1.82, 2.24) is 5.32 Å². The Kier molecular flexibility index (Phi) is 3.94. The SMILES string of the molecule is O=C1NCCCCC1Oc1ccc([N+](=O)[O-])c(F)c1. The second-order valence-corrected chi connectivity index (χ2v) is 4.26. The van der Waals surface area contributed by atoms with Gasteiger partial charge in [0, 0.05) is 18.7 Å². The number of amides is 1. The van der Waals surface area contributed by atoms with Crippen molar-refractivity contribution in [1.29, 1.82) is 0 Å². The number of hydrogen-bond donors (Lipinski definition) is 1. The number of carbonyl (C=O) groups excluding carboxylic acids is 1. The van der Waals surface area contributed by atoms with Gasteiger partial charge in [-0.3, -0.25) is 14.9 Å². The van der Waals surface area contributed by atoms with Crippen LogP contribution in [0.3, 0.4) is 0 Å². The van der Waals surface area contributed by atoms with E-state index in [1.165, 1.54) is 6.07 Å². The van der Waals surface area contributed by atoms with Crippen LogP contribution in [0.5, 0.6) is 5.75 Å². The summed E-state index contributed by atoms with van der Waals surface area (Å²) >= 11 is 0. The molecule has 102 valence electrons. The first kappa shape index (κ1) is 13.3. The van der Waals surface area contributed by atoms with E-state index in [2.05, 4.69) is 5.32 Å². The maximum absolute atomic E-state index is 13.4. The smallest absolute Gasteiger partial charge is 0.305 e. The van der Waals surface area contributed by atoms with Gasteiger partial charge in [-0.15, -0.1) is 0 Å². The third-order valence-corrected chi connectivity index (χ3v) is 2.88. The molecule has 0 aromatic heterocycles. The Bertz CT molecular complexity index is 507. The Balaban J connectivity index is 2.12. The topological polar surface area (TPSA) is 81.5 Å². The van der Waals surface area contributed by atoms with Crippen LogP contribution in [0.1, 0.15) is 19.3 Å². The Labute approximate surface area is 108 Å². The maximum atomic E-state index is 13.4. The summed E-state index contributed by atoms with van der Waals surface area (Å²) < 4.78 is 18.8. The first-order valence-electron chi connectivity index (χ1n) is 5.96. The van der Waals surface area contributed by atoms with Gasteiger partial charge in [-0.25, -0.2) is 0 Å². The van der Waals surface area contributed by atoms with Gasteiger partial charge in [-0.1, -0.05) is 0 Å². The molecule has 1 fully saturated rings. The Hall–Kier alpha value is -2.18. The maximum Gasteiger partial charge on any atom is 0.305 e. The molecule has 0 radical (unpaired) electrons. The van der Waals surface area contributed by atoms with Gasteiger partial charge in [-0.2, -0.15) is 4.39 Å². The number of hydrogen-bond acceptors (Lipinski definition) is 4. The van der Waals surface area contributed by atoms with Crippen molar-refractivity contribution in [2.45, 2.75) is 25.4 Å². The summed E-state index contributed by atoms with van der Waals surface area (Å²) in [4.78, 5) is 21.3. The first-order valence-corrected chi connectivity index (χ1v) is 5.96. The van der Waals surface area contributed by atoms with Gasteiger partial charge in [0.25, 0.3) is 5.91 Å². The minimum absolute atomic E-state index is 0.116. The zero-order chi connectivity index (χ0) is 13.8. The lowest BCUT2D eigenvalue weighted by atomic mass is 10.2. The molecule has 1 amide bonds. The summed E-state index contributed by atoms with van der Waals surface area (Å²) in [5.41, 5.74) is -0.613. The van der Waals surface area contributed by atoms with Crippen molar-refractivity contribution < 1.29 is 18.8 Å². The Morgan fingerprint density at radius 1 is 1.42 bits per heavy atom. The number of ether oxygens (including phenoxy) is 1. The van der Waals surface area contributed by atoms with E-state index in [-0.39, 0.29) is 11.7 Å². The van der Waals surface area contributed by atoms with Crippen molar-refractivity contribution in [2.75, 3.05) is 6.54 Å². The summed E-state index contributed by atoms with van der Waals surface area (Å²) in [6.45, 7) is 0.604. The molecule has 1 unspecified atom stereocenters. The first-order chi connectivity index (χ1) is 9.08. The summed E-state index contributed by atoms with van der Waals surface area (Å²) in [7, 11) is 0. The van der Waals surface area contributed by atoms with E-state index in [0.717, 1.165) is 25.0 Å². The van der Waals surface area contributed by atoms with Crippen molar-refractivity contribution in [3.05, 3.63) is 34.1 Å². The van der Waals surface area contributed by atoms with Crippen LogP contribution in [0.15, 0.2) is 18.2 Å². The van der Waals surface area contributed by atoms with Crippen molar-refractivity contribution in [3.63, 3.8) is 0 Å². The fraction of sp³-hybridized carbons (Fsp3) is 0.417. The molecule has 7 heteroatoms. The van der Waals surface area contributed by atoms with Crippen molar-refractivity contribution in [3.8, 4) is 5.75 Å². The van der Waals surface area contributed by atoms with Crippen LogP contribution in [0, 0.1) is 15.9 Å². The highest BCUT2D eigenvalue weighted by Crippen LogP contribution is 2.24. The van der Waals surface area contributed by atoms with Gasteiger partial charge in [0.05, 0.1) is 4.92 Å². The molecule has 1 aliphatic rings. The second kappa shape index (κ2) is 5.64. The molecule has 2 rings (SSSR count). The van der Waals surface area contributed by atoms with Crippen LogP contribution in [0.25, 0.3) is 0 Å². The molecule has 19 heavy (non-hydrogen) atoms. The highest BCUT2D eigenvalue weighted by Gasteiger charge is 2.23. The van der Waals surface area contributed by atoms with E-state index < -0.39 is 22.5 Å². The van der Waals surface area contributed by atoms with Gasteiger partial charge < -0.3 is 10.1 Å². The van der Waals surface area contributed by atoms with Crippen LogP contribution < -0.4 is 10.1 Å². The molecule has 6 nitrogen and oxygen atoms in total. The Morgan fingerprint density at radius 3 is 2.89 bits per heavy atom. The molecular formula is C12H13FN2O4. The second-order valence-electron chi connectivity index (χ2n) is 4.26. The van der Waals surface area contributed by atoms with Crippen LogP contribution in [-0.4, -0.2) is 23.5 Å². The van der Waals surface area contributed by atoms with Crippen molar-refractivity contribution >= 4 is 11.6 Å². The van der Waals surface area contributed by atoms with E-state index in [1.807, 2.05) is 0 Å². The molecule has 1 aliphatic heterocycles. The molecular weight excluding hydrogens is 255 g/mol. The van der Waals surface area contributed by atoms with Crippen molar-refractivity contribution in [2.24, 2.45) is 0 Å². The number of nitrogens with zero attached hydrogens (tertiary/aromatic N) is 1. The average Bonchev–Trinajstić information content (AvgIpc) is 2.55. The molecule has 1 atom stereocenters. The summed E-state index contributed by atoms with van der Waals surface area (Å²) in [6.07, 6.45) is 1.58. The summed E-state index contributed by atoms with van der Waals surface area (Å²) in [5.74, 6) is -1.10. The molecule has 0 bridgehead atoms. The van der Waals surface area contributed by atoms with Crippen LogP contribution in [0.4, 0.5) is 10.1 Å². The number of nitro benzene ring substituents is 1. The predicted octanol–water partition coefficient (Wildman–Crippen LogP) is 1.78. The molecule has 1 heterocycles. The summed E-state index contributed by atoms with van der Waals surface area (Å²) in [6, 6.07) is 3.25. The fourth-order valence-corrected chi connectivity index (χ4v) is 1.90. The molecule has 1 aromatic rings. The number of nitro groups is 1. The fourth-order valence-electron chi connectivity index (χ4n) is 1.90. The molecule has 0 spiro atoms. The highest BCUT2D eigenvalue weighted by molar-refractivity contribution is 5.81. The number of benzene rings is 1. The third-order valence-electron chi connectivity index (χ3n) is 2.88. The molecule has 1 saturated heterocycles. The predicted molar refractivity (Wildman–Crippen MR) is 64.3 cm³/mol. The minimum Gasteiger partial charge on any atom is -0.480 e. The van der Waals surface area contributed by atoms with E-state index in [1.54, 1.807) is 0 Å². The minimum atomic E-state index is -0.975. The van der Waals surface area contributed by atoms with E-state index in [9.17, 15) is 19.3 Å². The van der Waals surface area contributed by atoms with Gasteiger partial charge in [0.15, 0.2) is 6.10 Å². The highest BCUT2D eigenvalue weighted by atomic mass is 19.1. The largest absolute Gasteiger partial charge is 0.480 e. The normalized spacial score (nSPS) is 19.4. The number of carbonyl (C=O) groups is 1. The average molecular weight is 268 g/mol. The third kappa shape index (κ3) is 3.18. The van der Waals surface area contributed by atoms with E-state index >= 15 is 0 Å². The zero-order valence-electron chi connectivity index (χ0n) is 10.1. The standard InChI is InChI=1S/C12H13FN2O4/c13-9-7-8(4-5-10(9)15(17)18)19-11-3-1-2-6-14-12(11)16/h4-5,7,11H,1-3,6H2,(H,14,16). The quantitative estimate of drug-likeness (QED) is 0.669. The summed E-state index contributed by atoms with van der Waals surface area (Å²) in [5, 5.41) is 13.2. The van der Waals surface area contributed by atoms with Crippen LogP contribution in [-0.2, 0) is 4.79 Å². The van der Waals surface area contributed by atoms with Crippen LogP contribution in [0.2, 0.25) is 0 Å². The van der Waals surface area contributed by atoms with Gasteiger partial charge in [0.1, 0.15) is 5.75 Å². The van der Waals surface area contributed by atoms with Crippen LogP contribution >= 0.6 is 0 Å². The van der Waals surface area contributed by atoms with E-state index in [0.29, 0.717) is 13.0 Å². The van der Waals surface area contributed by atoms with Gasteiger partial charge >= 0.3 is 5.69 Å². The van der Waals surface area contributed by atoms with Gasteiger partial charge in [-0.05, 0) is 25.3 Å². The zero-order valence-corrected chi connectivity index (χ0v) is 10.1. The number of nitrogens with one attached hydrogen (secondary N) is 1. The van der Waals surface area contributed by atoms with Gasteiger partial charge in [0.2, 0.25) is 5.82 Å². The molecule has 0 saturated carbocycles. The number of rotatable bonds is 3. The molecule has 1 aromatic carbocycles.